The van der Waals surface area contributed by atoms with Gasteiger partial charge in [0.1, 0.15) is 11.6 Å². The quantitative estimate of drug-likeness (QED) is 0.910. The lowest BCUT2D eigenvalue weighted by Crippen LogP contribution is -2.28. The van der Waals surface area contributed by atoms with Gasteiger partial charge in [-0.2, -0.15) is 0 Å². The Labute approximate surface area is 119 Å². The number of aromatic carboxylic acids is 1. The van der Waals surface area contributed by atoms with Crippen LogP contribution >= 0.6 is 0 Å². The summed E-state index contributed by atoms with van der Waals surface area (Å²) in [7, 11) is 1.36. The van der Waals surface area contributed by atoms with Crippen molar-refractivity contribution in [2.45, 2.75) is 0 Å². The fourth-order valence-electron chi connectivity index (χ4n) is 1.91. The molecule has 0 fully saturated rings. The molecule has 0 heterocycles. The number of carbonyl (C=O) groups excluding carboxylic acids is 1. The molecule has 1 amide bonds. The summed E-state index contributed by atoms with van der Waals surface area (Å²) in [5.41, 5.74) is -0.162. The number of carboxylic acid groups (broad SMARTS) is 1. The molecule has 0 aliphatic carbocycles. The first-order chi connectivity index (χ1) is 9.91. The minimum atomic E-state index is -1.18. The Morgan fingerprint density at radius 1 is 1.10 bits per heavy atom. The third kappa shape index (κ3) is 2.84. The van der Waals surface area contributed by atoms with Gasteiger partial charge in [-0.25, -0.2) is 9.18 Å². The number of carbonyl (C=O) groups is 2. The van der Waals surface area contributed by atoms with Crippen LogP contribution in [0, 0.1) is 5.82 Å². The SMILES string of the molecule is CN(C(=O)c1ccc(O)cc1F)c1ccccc1C(=O)O. The van der Waals surface area contributed by atoms with Gasteiger partial charge in [-0.3, -0.25) is 4.79 Å². The summed E-state index contributed by atoms with van der Waals surface area (Å²) in [6.07, 6.45) is 0. The Bertz CT molecular complexity index is 715. The van der Waals surface area contributed by atoms with E-state index >= 15 is 0 Å². The van der Waals surface area contributed by atoms with E-state index in [-0.39, 0.29) is 22.6 Å². The van der Waals surface area contributed by atoms with Gasteiger partial charge in [0.15, 0.2) is 0 Å². The number of halogens is 1. The molecule has 0 unspecified atom stereocenters. The maximum absolute atomic E-state index is 13.7. The van der Waals surface area contributed by atoms with Crippen LogP contribution < -0.4 is 4.90 Å². The van der Waals surface area contributed by atoms with Crippen molar-refractivity contribution in [1.29, 1.82) is 0 Å². The smallest absolute Gasteiger partial charge is 0.337 e. The average molecular weight is 289 g/mol. The van der Waals surface area contributed by atoms with E-state index in [1.54, 1.807) is 6.07 Å². The molecule has 21 heavy (non-hydrogen) atoms. The van der Waals surface area contributed by atoms with Gasteiger partial charge in [0, 0.05) is 13.1 Å². The number of nitrogens with zero attached hydrogens (tertiary/aromatic N) is 1. The molecular weight excluding hydrogens is 277 g/mol. The van der Waals surface area contributed by atoms with E-state index in [4.69, 9.17) is 10.2 Å². The van der Waals surface area contributed by atoms with Crippen molar-refractivity contribution < 1.29 is 24.2 Å². The molecular formula is C15H12FNO4. The molecule has 6 heteroatoms. The van der Waals surface area contributed by atoms with Gasteiger partial charge in [-0.15, -0.1) is 0 Å². The molecule has 0 saturated heterocycles. The first-order valence-corrected chi connectivity index (χ1v) is 6.00. The zero-order valence-corrected chi connectivity index (χ0v) is 11.1. The predicted molar refractivity (Wildman–Crippen MR) is 74.2 cm³/mol. The normalized spacial score (nSPS) is 10.2. The van der Waals surface area contributed by atoms with Crippen molar-refractivity contribution in [1.82, 2.24) is 0 Å². The largest absolute Gasteiger partial charge is 0.508 e. The molecule has 0 saturated carbocycles. The van der Waals surface area contributed by atoms with Crippen molar-refractivity contribution in [3.8, 4) is 5.75 Å². The van der Waals surface area contributed by atoms with Crippen molar-refractivity contribution in [3.63, 3.8) is 0 Å². The van der Waals surface area contributed by atoms with Crippen LogP contribution in [0.15, 0.2) is 42.5 Å². The van der Waals surface area contributed by atoms with Crippen LogP contribution in [0.3, 0.4) is 0 Å². The second-order valence-electron chi connectivity index (χ2n) is 4.35. The first kappa shape index (κ1) is 14.5. The van der Waals surface area contributed by atoms with E-state index < -0.39 is 17.7 Å². The summed E-state index contributed by atoms with van der Waals surface area (Å²) in [6.45, 7) is 0. The number of rotatable bonds is 3. The number of phenolic OH excluding ortho intramolecular Hbond substituents is 1. The van der Waals surface area contributed by atoms with Crippen molar-refractivity contribution in [2.75, 3.05) is 11.9 Å². The molecule has 108 valence electrons. The van der Waals surface area contributed by atoms with E-state index in [0.717, 1.165) is 17.0 Å². The van der Waals surface area contributed by atoms with E-state index in [1.165, 1.54) is 31.3 Å². The summed E-state index contributed by atoms with van der Waals surface area (Å²) >= 11 is 0. The number of hydrogen-bond acceptors (Lipinski definition) is 3. The Kier molecular flexibility index (Phi) is 3.89. The van der Waals surface area contributed by atoms with Crippen LogP contribution in [0.1, 0.15) is 20.7 Å². The number of amides is 1. The van der Waals surface area contributed by atoms with E-state index in [1.807, 2.05) is 0 Å². The molecule has 2 aromatic rings. The summed E-state index contributed by atoms with van der Waals surface area (Å²) in [5.74, 6) is -3.06. The molecule has 0 bridgehead atoms. The summed E-state index contributed by atoms with van der Waals surface area (Å²) in [5, 5.41) is 18.3. The maximum atomic E-state index is 13.7. The second-order valence-corrected chi connectivity index (χ2v) is 4.35. The lowest BCUT2D eigenvalue weighted by Gasteiger charge is -2.19. The summed E-state index contributed by atoms with van der Waals surface area (Å²) in [4.78, 5) is 24.5. The highest BCUT2D eigenvalue weighted by molar-refractivity contribution is 6.09. The predicted octanol–water partition coefficient (Wildman–Crippen LogP) is 2.51. The fourth-order valence-corrected chi connectivity index (χ4v) is 1.91. The standard InChI is InChI=1S/C15H12FNO4/c1-17(13-5-3-2-4-11(13)15(20)21)14(19)10-7-6-9(18)8-12(10)16/h2-8,18H,1H3,(H,20,21). The van der Waals surface area contributed by atoms with Crippen LogP contribution in [0.4, 0.5) is 10.1 Å². The molecule has 0 aliphatic heterocycles. The molecule has 0 atom stereocenters. The maximum Gasteiger partial charge on any atom is 0.337 e. The first-order valence-electron chi connectivity index (χ1n) is 6.00. The third-order valence-electron chi connectivity index (χ3n) is 2.98. The van der Waals surface area contributed by atoms with Gasteiger partial charge in [-0.1, -0.05) is 12.1 Å². The Balaban J connectivity index is 2.42. The topological polar surface area (TPSA) is 77.8 Å². The monoisotopic (exact) mass is 289 g/mol. The summed E-state index contributed by atoms with van der Waals surface area (Å²) in [6, 6.07) is 9.09. The van der Waals surface area contributed by atoms with Crippen LogP contribution in [-0.4, -0.2) is 29.1 Å². The van der Waals surface area contributed by atoms with Crippen molar-refractivity contribution >= 4 is 17.6 Å². The Morgan fingerprint density at radius 2 is 1.76 bits per heavy atom. The fraction of sp³-hybridized carbons (Fsp3) is 0.0667. The number of benzene rings is 2. The van der Waals surface area contributed by atoms with E-state index in [0.29, 0.717) is 0 Å². The molecule has 0 aromatic heterocycles. The van der Waals surface area contributed by atoms with Crippen LogP contribution in [0.25, 0.3) is 0 Å². The van der Waals surface area contributed by atoms with Gasteiger partial charge in [0.2, 0.25) is 0 Å². The van der Waals surface area contributed by atoms with Gasteiger partial charge in [-0.05, 0) is 24.3 Å². The number of hydrogen-bond donors (Lipinski definition) is 2. The zero-order valence-electron chi connectivity index (χ0n) is 11.1. The minimum Gasteiger partial charge on any atom is -0.508 e. The van der Waals surface area contributed by atoms with E-state index in [9.17, 15) is 14.0 Å². The van der Waals surface area contributed by atoms with Crippen LogP contribution in [0.5, 0.6) is 5.75 Å². The van der Waals surface area contributed by atoms with Crippen molar-refractivity contribution in [3.05, 3.63) is 59.4 Å². The highest BCUT2D eigenvalue weighted by Crippen LogP contribution is 2.23. The molecule has 0 aliphatic rings. The molecule has 2 aromatic carbocycles. The molecule has 2 N–H and O–H groups in total. The van der Waals surface area contributed by atoms with Gasteiger partial charge < -0.3 is 15.1 Å². The van der Waals surface area contributed by atoms with Crippen LogP contribution in [0.2, 0.25) is 0 Å². The third-order valence-corrected chi connectivity index (χ3v) is 2.98. The molecule has 5 nitrogen and oxygen atoms in total. The Morgan fingerprint density at radius 3 is 2.38 bits per heavy atom. The molecule has 2 rings (SSSR count). The van der Waals surface area contributed by atoms with Gasteiger partial charge in [0.05, 0.1) is 16.8 Å². The number of phenols is 1. The minimum absolute atomic E-state index is 0.0625. The number of para-hydroxylation sites is 1. The van der Waals surface area contributed by atoms with Crippen molar-refractivity contribution in [2.24, 2.45) is 0 Å². The lowest BCUT2D eigenvalue weighted by atomic mass is 10.1. The summed E-state index contributed by atoms with van der Waals surface area (Å²) < 4.78 is 13.7. The highest BCUT2D eigenvalue weighted by atomic mass is 19.1. The molecule has 0 spiro atoms. The van der Waals surface area contributed by atoms with Crippen LogP contribution in [-0.2, 0) is 0 Å². The average Bonchev–Trinajstić information content (AvgIpc) is 2.45. The Hall–Kier alpha value is -2.89. The highest BCUT2D eigenvalue weighted by Gasteiger charge is 2.21. The van der Waals surface area contributed by atoms with E-state index in [2.05, 4.69) is 0 Å². The lowest BCUT2D eigenvalue weighted by molar-refractivity contribution is 0.0697. The number of carboxylic acids is 1. The van der Waals surface area contributed by atoms with Gasteiger partial charge in [0.25, 0.3) is 5.91 Å². The zero-order chi connectivity index (χ0) is 15.6. The molecule has 0 radical (unpaired) electrons. The number of aromatic hydroxyl groups is 1. The number of anilines is 1. The van der Waals surface area contributed by atoms with Gasteiger partial charge >= 0.3 is 5.97 Å². The second kappa shape index (κ2) is 5.62.